The van der Waals surface area contributed by atoms with E-state index in [1.165, 1.54) is 17.8 Å². The van der Waals surface area contributed by atoms with Crippen molar-refractivity contribution in [3.8, 4) is 0 Å². The number of thiophene rings is 1. The molecule has 2 unspecified atom stereocenters. The van der Waals surface area contributed by atoms with Crippen molar-refractivity contribution in [2.45, 2.75) is 59.4 Å². The van der Waals surface area contributed by atoms with Crippen LogP contribution in [0.3, 0.4) is 0 Å². The topological polar surface area (TPSA) is 67.2 Å². The Bertz CT molecular complexity index is 954. The number of hydrogen-bond donors (Lipinski definition) is 1. The monoisotopic (exact) mass is 416 g/mol. The van der Waals surface area contributed by atoms with Crippen molar-refractivity contribution in [1.82, 2.24) is 19.8 Å². The number of nitrogens with one attached hydrogen (secondary N) is 1. The van der Waals surface area contributed by atoms with E-state index < -0.39 is 0 Å². The van der Waals surface area contributed by atoms with E-state index in [0.29, 0.717) is 21.6 Å². The molecule has 4 rings (SSSR count). The lowest BCUT2D eigenvalue weighted by Gasteiger charge is -2.34. The Kier molecular flexibility index (Phi) is 6.06. The Balaban J connectivity index is 1.40. The Hall–Kier alpha value is -1.73. The summed E-state index contributed by atoms with van der Waals surface area (Å²) in [4.78, 5) is 34.3. The minimum absolute atomic E-state index is 0.0193. The van der Waals surface area contributed by atoms with Crippen LogP contribution in [0.25, 0.3) is 10.2 Å². The Morgan fingerprint density at radius 2 is 2.00 bits per heavy atom. The van der Waals surface area contributed by atoms with Crippen molar-refractivity contribution in [2.24, 2.45) is 11.8 Å². The Morgan fingerprint density at radius 3 is 2.76 bits per heavy atom. The molecule has 2 atom stereocenters. The molecule has 2 aliphatic heterocycles. The van der Waals surface area contributed by atoms with Crippen LogP contribution in [0.15, 0.2) is 4.79 Å². The van der Waals surface area contributed by atoms with E-state index in [2.05, 4.69) is 24.1 Å². The largest absolute Gasteiger partial charge is 0.351 e. The average Bonchev–Trinajstić information content (AvgIpc) is 3.01. The van der Waals surface area contributed by atoms with E-state index in [1.54, 1.807) is 4.57 Å². The SMILES string of the molecule is Cc1c(C(=O)NCCCN2CC(C)CC(C)C2)sc2nc3n(c(=O)c12)CCCC3. The predicted molar refractivity (Wildman–Crippen MR) is 118 cm³/mol. The van der Waals surface area contributed by atoms with Crippen molar-refractivity contribution < 1.29 is 4.79 Å². The molecule has 2 aromatic heterocycles. The summed E-state index contributed by atoms with van der Waals surface area (Å²) >= 11 is 1.36. The van der Waals surface area contributed by atoms with Gasteiger partial charge in [-0.25, -0.2) is 4.98 Å². The second-order valence-electron chi connectivity index (χ2n) is 8.99. The summed E-state index contributed by atoms with van der Waals surface area (Å²) in [5.41, 5.74) is 0.797. The summed E-state index contributed by atoms with van der Waals surface area (Å²) in [6, 6.07) is 0. The molecule has 1 saturated heterocycles. The molecule has 0 bridgehead atoms. The first kappa shape index (κ1) is 20.5. The van der Waals surface area contributed by atoms with Crippen LogP contribution in [0.2, 0.25) is 0 Å². The highest BCUT2D eigenvalue weighted by Crippen LogP contribution is 2.28. The number of aryl methyl sites for hydroxylation is 2. The molecule has 0 aromatic carbocycles. The van der Waals surface area contributed by atoms with Gasteiger partial charge in [0.05, 0.1) is 10.3 Å². The van der Waals surface area contributed by atoms with Crippen molar-refractivity contribution in [3.63, 3.8) is 0 Å². The van der Waals surface area contributed by atoms with Gasteiger partial charge in [-0.3, -0.25) is 14.2 Å². The van der Waals surface area contributed by atoms with E-state index >= 15 is 0 Å². The van der Waals surface area contributed by atoms with Crippen molar-refractivity contribution in [2.75, 3.05) is 26.2 Å². The van der Waals surface area contributed by atoms with Crippen LogP contribution in [0.1, 0.15) is 60.6 Å². The zero-order valence-corrected chi connectivity index (χ0v) is 18.6. The standard InChI is InChI=1S/C22H32N4O2S/c1-14-11-15(2)13-25(12-14)9-6-8-23-20(27)19-16(3)18-21(29-19)24-17-7-4-5-10-26(17)22(18)28/h14-15H,4-13H2,1-3H3,(H,23,27). The number of aromatic nitrogens is 2. The fourth-order valence-corrected chi connectivity index (χ4v) is 6.12. The van der Waals surface area contributed by atoms with Crippen molar-refractivity contribution >= 4 is 27.5 Å². The van der Waals surface area contributed by atoms with Crippen molar-refractivity contribution in [3.05, 3.63) is 26.6 Å². The third-order valence-corrected chi connectivity index (χ3v) is 7.43. The summed E-state index contributed by atoms with van der Waals surface area (Å²) in [5, 5.41) is 3.69. The second-order valence-corrected chi connectivity index (χ2v) is 9.99. The fourth-order valence-electron chi connectivity index (χ4n) is 5.01. The summed E-state index contributed by atoms with van der Waals surface area (Å²) in [6.45, 7) is 11.3. The van der Waals surface area contributed by atoms with Gasteiger partial charge in [-0.05, 0) is 56.6 Å². The third kappa shape index (κ3) is 4.26. The summed E-state index contributed by atoms with van der Waals surface area (Å²) < 4.78 is 1.80. The molecule has 0 spiro atoms. The number of piperidine rings is 1. The first-order chi connectivity index (χ1) is 13.9. The van der Waals surface area contributed by atoms with Gasteiger partial charge in [0.1, 0.15) is 10.7 Å². The van der Waals surface area contributed by atoms with Gasteiger partial charge in [-0.2, -0.15) is 0 Å². The number of nitrogens with zero attached hydrogens (tertiary/aromatic N) is 3. The lowest BCUT2D eigenvalue weighted by Crippen LogP contribution is -2.40. The number of likely N-dealkylation sites (tertiary alicyclic amines) is 1. The molecule has 1 N–H and O–H groups in total. The maximum atomic E-state index is 12.9. The van der Waals surface area contributed by atoms with Crippen molar-refractivity contribution in [1.29, 1.82) is 0 Å². The number of hydrogen-bond acceptors (Lipinski definition) is 5. The van der Waals surface area contributed by atoms with Crippen LogP contribution in [0.4, 0.5) is 0 Å². The van der Waals surface area contributed by atoms with Gasteiger partial charge in [0, 0.05) is 32.6 Å². The minimum atomic E-state index is -0.0757. The van der Waals surface area contributed by atoms with Crippen LogP contribution >= 0.6 is 11.3 Å². The minimum Gasteiger partial charge on any atom is -0.351 e. The fraction of sp³-hybridized carbons (Fsp3) is 0.682. The van der Waals surface area contributed by atoms with Gasteiger partial charge in [0.15, 0.2) is 0 Å². The van der Waals surface area contributed by atoms with Crippen LogP contribution in [0, 0.1) is 18.8 Å². The first-order valence-electron chi connectivity index (χ1n) is 11.0. The van der Waals surface area contributed by atoms with E-state index in [-0.39, 0.29) is 11.5 Å². The molecule has 6 nitrogen and oxygen atoms in total. The van der Waals surface area contributed by atoms with Gasteiger partial charge in [-0.15, -0.1) is 11.3 Å². The molecular weight excluding hydrogens is 384 g/mol. The lowest BCUT2D eigenvalue weighted by atomic mass is 9.92. The highest BCUT2D eigenvalue weighted by molar-refractivity contribution is 7.20. The smallest absolute Gasteiger partial charge is 0.262 e. The maximum absolute atomic E-state index is 12.9. The zero-order chi connectivity index (χ0) is 20.5. The Morgan fingerprint density at radius 1 is 1.24 bits per heavy atom. The van der Waals surface area contributed by atoms with Gasteiger partial charge in [0.2, 0.25) is 0 Å². The Labute approximate surface area is 176 Å². The van der Waals surface area contributed by atoms with Crippen LogP contribution < -0.4 is 10.9 Å². The molecule has 2 aliphatic rings. The molecular formula is C22H32N4O2S. The number of carbonyl (C=O) groups excluding carboxylic acids is 1. The van der Waals surface area contributed by atoms with E-state index in [0.717, 1.165) is 75.1 Å². The molecule has 1 amide bonds. The average molecular weight is 417 g/mol. The molecule has 0 radical (unpaired) electrons. The molecule has 0 aliphatic carbocycles. The van der Waals surface area contributed by atoms with E-state index in [9.17, 15) is 9.59 Å². The molecule has 1 fully saturated rings. The summed E-state index contributed by atoms with van der Waals surface area (Å²) in [7, 11) is 0. The first-order valence-corrected chi connectivity index (χ1v) is 11.8. The van der Waals surface area contributed by atoms with Gasteiger partial charge in [0.25, 0.3) is 11.5 Å². The maximum Gasteiger partial charge on any atom is 0.262 e. The lowest BCUT2D eigenvalue weighted by molar-refractivity contribution is 0.0951. The number of amides is 1. The van der Waals surface area contributed by atoms with Crippen LogP contribution in [-0.4, -0.2) is 46.5 Å². The van der Waals surface area contributed by atoms with Crippen LogP contribution in [-0.2, 0) is 13.0 Å². The normalized spacial score (nSPS) is 22.6. The number of rotatable bonds is 5. The molecule has 29 heavy (non-hydrogen) atoms. The highest BCUT2D eigenvalue weighted by Gasteiger charge is 2.23. The highest BCUT2D eigenvalue weighted by atomic mass is 32.1. The second kappa shape index (κ2) is 8.56. The third-order valence-electron chi connectivity index (χ3n) is 6.25. The summed E-state index contributed by atoms with van der Waals surface area (Å²) in [5.74, 6) is 2.30. The van der Waals surface area contributed by atoms with Gasteiger partial charge in [-0.1, -0.05) is 13.8 Å². The molecule has 4 heterocycles. The molecule has 158 valence electrons. The van der Waals surface area contributed by atoms with Crippen LogP contribution in [0.5, 0.6) is 0 Å². The molecule has 0 saturated carbocycles. The van der Waals surface area contributed by atoms with E-state index in [4.69, 9.17) is 4.98 Å². The zero-order valence-electron chi connectivity index (χ0n) is 17.8. The van der Waals surface area contributed by atoms with Gasteiger partial charge >= 0.3 is 0 Å². The number of carbonyl (C=O) groups is 1. The molecule has 7 heteroatoms. The molecule has 2 aromatic rings. The quantitative estimate of drug-likeness (QED) is 0.760. The number of fused-ring (bicyclic) bond motifs is 2. The predicted octanol–water partition coefficient (Wildman–Crippen LogP) is 3.20. The summed E-state index contributed by atoms with van der Waals surface area (Å²) in [6.07, 6.45) is 5.20. The van der Waals surface area contributed by atoms with Gasteiger partial charge < -0.3 is 10.2 Å². The van der Waals surface area contributed by atoms with E-state index in [1.807, 2.05) is 6.92 Å².